The van der Waals surface area contributed by atoms with Crippen LogP contribution in [0.1, 0.15) is 32.1 Å². The molecule has 0 saturated carbocycles. The number of piperidine rings is 1. The minimum atomic E-state index is -3.05. The molecule has 7 heteroatoms. The highest BCUT2D eigenvalue weighted by Gasteiger charge is 2.51. The zero-order chi connectivity index (χ0) is 15.8. The Balaban J connectivity index is 1.45. The molecule has 1 spiro atoms. The van der Waals surface area contributed by atoms with Crippen LogP contribution in [0.5, 0.6) is 0 Å². The van der Waals surface area contributed by atoms with Crippen molar-refractivity contribution < 1.29 is 13.2 Å². The highest BCUT2D eigenvalue weighted by molar-refractivity contribution is 8.01. The first-order valence-corrected chi connectivity index (χ1v) is 11.3. The SMILES string of the molecule is CS(=O)(=O)CCC(=O)N1CC2(CC(N3CCCCC3)CS2)C1. The fraction of sp³-hybridized carbons (Fsp3) is 0.933. The topological polar surface area (TPSA) is 57.7 Å². The molecule has 1 unspecified atom stereocenters. The van der Waals surface area contributed by atoms with Crippen molar-refractivity contribution in [2.45, 2.75) is 42.9 Å². The number of likely N-dealkylation sites (tertiary alicyclic amines) is 2. The maximum atomic E-state index is 12.0. The van der Waals surface area contributed by atoms with Gasteiger partial charge >= 0.3 is 0 Å². The summed E-state index contributed by atoms with van der Waals surface area (Å²) in [7, 11) is -3.05. The fourth-order valence-corrected chi connectivity index (χ4v) is 6.04. The normalized spacial score (nSPS) is 28.8. The molecule has 0 aromatic heterocycles. The quantitative estimate of drug-likeness (QED) is 0.760. The fourth-order valence-electron chi connectivity index (χ4n) is 3.82. The lowest BCUT2D eigenvalue weighted by atomic mass is 9.90. The molecule has 0 aromatic carbocycles. The molecule has 3 saturated heterocycles. The van der Waals surface area contributed by atoms with E-state index in [1.54, 1.807) is 0 Å². The number of carbonyl (C=O) groups is 1. The summed E-state index contributed by atoms with van der Waals surface area (Å²) in [5.41, 5.74) is 0. The third kappa shape index (κ3) is 3.79. The molecule has 3 aliphatic rings. The molecule has 0 radical (unpaired) electrons. The van der Waals surface area contributed by atoms with Crippen LogP contribution >= 0.6 is 11.8 Å². The van der Waals surface area contributed by atoms with Gasteiger partial charge in [-0.25, -0.2) is 8.42 Å². The van der Waals surface area contributed by atoms with Gasteiger partial charge in [0.1, 0.15) is 9.84 Å². The Morgan fingerprint density at radius 1 is 1.23 bits per heavy atom. The van der Waals surface area contributed by atoms with Gasteiger partial charge in [0, 0.05) is 37.6 Å². The Bertz CT molecular complexity index is 523. The molecule has 3 aliphatic heterocycles. The highest BCUT2D eigenvalue weighted by Crippen LogP contribution is 2.46. The van der Waals surface area contributed by atoms with Gasteiger partial charge in [-0.2, -0.15) is 0 Å². The average Bonchev–Trinajstić information content (AvgIpc) is 2.89. The minimum Gasteiger partial charge on any atom is -0.340 e. The number of hydrogen-bond acceptors (Lipinski definition) is 5. The van der Waals surface area contributed by atoms with Crippen molar-refractivity contribution in [3.05, 3.63) is 0 Å². The standard InChI is InChI=1S/C15H26N2O3S2/c1-22(19,20)8-5-14(18)17-11-15(12-17)9-13(10-21-15)16-6-3-2-4-7-16/h13H,2-12H2,1H3. The van der Waals surface area contributed by atoms with E-state index in [0.29, 0.717) is 6.04 Å². The lowest BCUT2D eigenvalue weighted by molar-refractivity contribution is -0.136. The number of nitrogens with zero attached hydrogens (tertiary/aromatic N) is 2. The van der Waals surface area contributed by atoms with E-state index in [1.165, 1.54) is 50.8 Å². The number of thioether (sulfide) groups is 1. The Morgan fingerprint density at radius 3 is 2.55 bits per heavy atom. The maximum absolute atomic E-state index is 12.0. The van der Waals surface area contributed by atoms with E-state index < -0.39 is 9.84 Å². The van der Waals surface area contributed by atoms with Gasteiger partial charge in [0.2, 0.25) is 5.91 Å². The van der Waals surface area contributed by atoms with E-state index in [-0.39, 0.29) is 22.8 Å². The van der Waals surface area contributed by atoms with Gasteiger partial charge in [-0.15, -0.1) is 11.8 Å². The summed E-state index contributed by atoms with van der Waals surface area (Å²) in [6.45, 7) is 4.09. The first-order valence-electron chi connectivity index (χ1n) is 8.20. The summed E-state index contributed by atoms with van der Waals surface area (Å²) < 4.78 is 22.6. The lowest BCUT2D eigenvalue weighted by Gasteiger charge is -2.48. The maximum Gasteiger partial charge on any atom is 0.223 e. The monoisotopic (exact) mass is 346 g/mol. The van der Waals surface area contributed by atoms with Crippen molar-refractivity contribution in [1.29, 1.82) is 0 Å². The number of amides is 1. The Morgan fingerprint density at radius 2 is 1.91 bits per heavy atom. The van der Waals surface area contributed by atoms with E-state index in [1.807, 2.05) is 16.7 Å². The summed E-state index contributed by atoms with van der Waals surface area (Å²) in [5.74, 6) is 1.16. The zero-order valence-corrected chi connectivity index (χ0v) is 14.9. The molecule has 0 aliphatic carbocycles. The van der Waals surface area contributed by atoms with Crippen molar-refractivity contribution in [2.24, 2.45) is 0 Å². The van der Waals surface area contributed by atoms with Gasteiger partial charge in [-0.3, -0.25) is 9.69 Å². The van der Waals surface area contributed by atoms with Crippen molar-refractivity contribution >= 4 is 27.5 Å². The molecular weight excluding hydrogens is 320 g/mol. The summed E-state index contributed by atoms with van der Waals surface area (Å²) in [6.07, 6.45) is 6.52. The predicted molar refractivity (Wildman–Crippen MR) is 89.9 cm³/mol. The van der Waals surface area contributed by atoms with Crippen LogP contribution in [0.2, 0.25) is 0 Å². The van der Waals surface area contributed by atoms with Crippen LogP contribution in [0.25, 0.3) is 0 Å². The highest BCUT2D eigenvalue weighted by atomic mass is 32.2. The van der Waals surface area contributed by atoms with Crippen molar-refractivity contribution in [3.8, 4) is 0 Å². The van der Waals surface area contributed by atoms with Crippen LogP contribution in [0.15, 0.2) is 0 Å². The van der Waals surface area contributed by atoms with Crippen LogP contribution in [0.3, 0.4) is 0 Å². The molecule has 1 amide bonds. The van der Waals surface area contributed by atoms with E-state index in [4.69, 9.17) is 0 Å². The molecule has 5 nitrogen and oxygen atoms in total. The number of carbonyl (C=O) groups excluding carboxylic acids is 1. The molecular formula is C15H26N2O3S2. The molecule has 0 N–H and O–H groups in total. The van der Waals surface area contributed by atoms with Crippen molar-refractivity contribution in [2.75, 3.05) is 43.9 Å². The van der Waals surface area contributed by atoms with Crippen LogP contribution in [-0.4, -0.2) is 78.9 Å². The van der Waals surface area contributed by atoms with Gasteiger partial charge in [0.25, 0.3) is 0 Å². The van der Waals surface area contributed by atoms with Crippen LogP contribution < -0.4 is 0 Å². The summed E-state index contributed by atoms with van der Waals surface area (Å²) in [5, 5.41) is 0. The molecule has 1 atom stereocenters. The third-order valence-corrected chi connectivity index (χ3v) is 7.63. The second-order valence-electron chi connectivity index (χ2n) is 7.08. The Kier molecular flexibility index (Phi) is 4.76. The zero-order valence-electron chi connectivity index (χ0n) is 13.3. The second kappa shape index (κ2) is 6.32. The molecule has 3 rings (SSSR count). The van der Waals surface area contributed by atoms with E-state index in [9.17, 15) is 13.2 Å². The number of hydrogen-bond donors (Lipinski definition) is 0. The van der Waals surface area contributed by atoms with Gasteiger partial charge in [0.05, 0.1) is 10.5 Å². The molecule has 22 heavy (non-hydrogen) atoms. The molecule has 3 fully saturated rings. The molecule has 126 valence electrons. The third-order valence-electron chi connectivity index (χ3n) is 5.09. The van der Waals surface area contributed by atoms with E-state index >= 15 is 0 Å². The van der Waals surface area contributed by atoms with Gasteiger partial charge in [-0.05, 0) is 32.4 Å². The van der Waals surface area contributed by atoms with Gasteiger partial charge in [-0.1, -0.05) is 6.42 Å². The lowest BCUT2D eigenvalue weighted by Crippen LogP contribution is -2.61. The molecule has 3 heterocycles. The van der Waals surface area contributed by atoms with Crippen LogP contribution in [0.4, 0.5) is 0 Å². The van der Waals surface area contributed by atoms with E-state index in [0.717, 1.165) is 13.1 Å². The Labute approximate surface area is 137 Å². The van der Waals surface area contributed by atoms with Crippen LogP contribution in [-0.2, 0) is 14.6 Å². The van der Waals surface area contributed by atoms with Crippen molar-refractivity contribution in [1.82, 2.24) is 9.80 Å². The minimum absolute atomic E-state index is 0.00178. The van der Waals surface area contributed by atoms with Crippen molar-refractivity contribution in [3.63, 3.8) is 0 Å². The average molecular weight is 347 g/mol. The second-order valence-corrected chi connectivity index (χ2v) is 10.8. The largest absolute Gasteiger partial charge is 0.340 e. The predicted octanol–water partition coefficient (Wildman–Crippen LogP) is 0.993. The van der Waals surface area contributed by atoms with E-state index in [2.05, 4.69) is 4.90 Å². The molecule has 0 bridgehead atoms. The van der Waals surface area contributed by atoms with Gasteiger partial charge < -0.3 is 4.90 Å². The van der Waals surface area contributed by atoms with Gasteiger partial charge in [0.15, 0.2) is 0 Å². The summed E-state index contributed by atoms with van der Waals surface area (Å²) >= 11 is 2.02. The first-order chi connectivity index (χ1) is 10.4. The summed E-state index contributed by atoms with van der Waals surface area (Å²) in [4.78, 5) is 16.5. The number of rotatable bonds is 4. The Hall–Kier alpha value is -0.270. The summed E-state index contributed by atoms with van der Waals surface area (Å²) in [6, 6.07) is 0.679. The first kappa shape index (κ1) is 16.6. The van der Waals surface area contributed by atoms with Crippen LogP contribution in [0, 0.1) is 0 Å². The number of sulfone groups is 1. The molecule has 0 aromatic rings. The smallest absolute Gasteiger partial charge is 0.223 e.